The van der Waals surface area contributed by atoms with Crippen molar-refractivity contribution in [1.29, 1.82) is 0 Å². The number of amides is 2. The van der Waals surface area contributed by atoms with Gasteiger partial charge in [0, 0.05) is 17.0 Å². The van der Waals surface area contributed by atoms with Crippen molar-refractivity contribution in [2.45, 2.75) is 78.9 Å². The molecule has 0 aliphatic carbocycles. The summed E-state index contributed by atoms with van der Waals surface area (Å²) in [5.41, 5.74) is 0.122. The van der Waals surface area contributed by atoms with Crippen LogP contribution in [0.15, 0.2) is 42.0 Å². The maximum Gasteiger partial charge on any atom is 0.331 e. The first kappa shape index (κ1) is 29.5. The summed E-state index contributed by atoms with van der Waals surface area (Å²) < 4.78 is 0. The Morgan fingerprint density at radius 1 is 1.00 bits per heavy atom. The molecule has 7 heteroatoms. The monoisotopic (exact) mass is 473 g/mol. The number of likely N-dealkylation sites (N-methyl/N-ethyl adjacent to an activating group) is 2. The van der Waals surface area contributed by atoms with Crippen LogP contribution in [0.4, 0.5) is 0 Å². The highest BCUT2D eigenvalue weighted by molar-refractivity contribution is 6.01. The number of nitrogens with zero attached hydrogens (tertiary/aromatic N) is 1. The number of carbonyl (C=O) groups excluding carboxylic acids is 2. The Kier molecular flexibility index (Phi) is 10.2. The molecule has 0 spiro atoms. The lowest BCUT2D eigenvalue weighted by atomic mass is 9.77. The summed E-state index contributed by atoms with van der Waals surface area (Å²) in [5, 5.41) is 15.1. The van der Waals surface area contributed by atoms with Crippen LogP contribution in [-0.4, -0.2) is 60.0 Å². The number of carboxylic acids is 1. The van der Waals surface area contributed by atoms with E-state index in [2.05, 4.69) is 10.6 Å². The SMILES string of the molecule is CNC(C(=O)NC(=O)[C@@H](N(C)C(/C=C(\C)C(=O)O)C(C)C)C(C)(C)C)C(C)(C)c1ccccc1. The molecule has 1 aromatic carbocycles. The van der Waals surface area contributed by atoms with Crippen LogP contribution in [0.2, 0.25) is 0 Å². The number of hydrogen-bond acceptors (Lipinski definition) is 5. The van der Waals surface area contributed by atoms with Crippen LogP contribution < -0.4 is 10.6 Å². The topological polar surface area (TPSA) is 98.7 Å². The number of carbonyl (C=O) groups is 3. The van der Waals surface area contributed by atoms with Crippen molar-refractivity contribution in [2.75, 3.05) is 14.1 Å². The van der Waals surface area contributed by atoms with Gasteiger partial charge in [-0.3, -0.25) is 19.8 Å². The average molecular weight is 474 g/mol. The molecular weight excluding hydrogens is 430 g/mol. The Morgan fingerprint density at radius 3 is 1.94 bits per heavy atom. The second kappa shape index (κ2) is 11.8. The maximum atomic E-state index is 13.5. The van der Waals surface area contributed by atoms with Gasteiger partial charge < -0.3 is 10.4 Å². The molecule has 34 heavy (non-hydrogen) atoms. The molecule has 1 rings (SSSR count). The molecule has 0 aromatic heterocycles. The van der Waals surface area contributed by atoms with Crippen molar-refractivity contribution < 1.29 is 19.5 Å². The van der Waals surface area contributed by atoms with Crippen molar-refractivity contribution in [3.05, 3.63) is 47.5 Å². The largest absolute Gasteiger partial charge is 0.478 e. The summed E-state index contributed by atoms with van der Waals surface area (Å²) in [4.78, 5) is 40.2. The summed E-state index contributed by atoms with van der Waals surface area (Å²) in [6.07, 6.45) is 1.68. The summed E-state index contributed by atoms with van der Waals surface area (Å²) in [7, 11) is 3.51. The van der Waals surface area contributed by atoms with Crippen LogP contribution in [-0.2, 0) is 19.8 Å². The molecule has 2 unspecified atom stereocenters. The molecule has 0 aliphatic rings. The molecule has 7 nitrogen and oxygen atoms in total. The Labute approximate surface area is 205 Å². The van der Waals surface area contributed by atoms with Crippen molar-refractivity contribution in [3.63, 3.8) is 0 Å². The second-order valence-electron chi connectivity index (χ2n) is 11.0. The van der Waals surface area contributed by atoms with Gasteiger partial charge >= 0.3 is 5.97 Å². The van der Waals surface area contributed by atoms with E-state index >= 15 is 0 Å². The van der Waals surface area contributed by atoms with E-state index in [1.165, 1.54) is 0 Å². The number of benzene rings is 1. The lowest BCUT2D eigenvalue weighted by molar-refractivity contribution is -0.138. The van der Waals surface area contributed by atoms with Crippen molar-refractivity contribution >= 4 is 17.8 Å². The van der Waals surface area contributed by atoms with Gasteiger partial charge in [-0.1, -0.05) is 84.9 Å². The van der Waals surface area contributed by atoms with Crippen molar-refractivity contribution in [2.24, 2.45) is 11.3 Å². The minimum atomic E-state index is -0.994. The molecule has 0 bridgehead atoms. The Morgan fingerprint density at radius 2 is 1.53 bits per heavy atom. The normalized spacial score (nSPS) is 15.7. The molecule has 0 fully saturated rings. The second-order valence-corrected chi connectivity index (χ2v) is 11.0. The number of aliphatic carboxylic acids is 1. The number of hydrogen-bond donors (Lipinski definition) is 3. The van der Waals surface area contributed by atoms with E-state index in [1.54, 1.807) is 27.1 Å². The van der Waals surface area contributed by atoms with E-state index in [0.717, 1.165) is 5.56 Å². The average Bonchev–Trinajstić information content (AvgIpc) is 2.71. The van der Waals surface area contributed by atoms with E-state index in [4.69, 9.17) is 0 Å². The first-order valence-corrected chi connectivity index (χ1v) is 11.8. The van der Waals surface area contributed by atoms with Crippen LogP contribution >= 0.6 is 0 Å². The van der Waals surface area contributed by atoms with Crippen LogP contribution in [0.1, 0.15) is 61.0 Å². The van der Waals surface area contributed by atoms with Crippen molar-refractivity contribution in [3.8, 4) is 0 Å². The summed E-state index contributed by atoms with van der Waals surface area (Å²) in [5.74, 6) is -1.75. The van der Waals surface area contributed by atoms with Gasteiger partial charge in [0.1, 0.15) is 0 Å². The molecule has 2 amide bonds. The van der Waals surface area contributed by atoms with Gasteiger partial charge in [-0.15, -0.1) is 0 Å². The lowest BCUT2D eigenvalue weighted by Crippen LogP contribution is -2.60. The highest BCUT2D eigenvalue weighted by atomic mass is 16.4. The summed E-state index contributed by atoms with van der Waals surface area (Å²) in [6.45, 7) is 15.3. The van der Waals surface area contributed by atoms with Gasteiger partial charge in [-0.2, -0.15) is 0 Å². The van der Waals surface area contributed by atoms with Gasteiger partial charge in [0.2, 0.25) is 11.8 Å². The molecule has 0 aliphatic heterocycles. The molecule has 0 saturated carbocycles. The fourth-order valence-electron chi connectivity index (χ4n) is 4.59. The van der Waals surface area contributed by atoms with E-state index < -0.39 is 40.7 Å². The zero-order valence-corrected chi connectivity index (χ0v) is 22.4. The first-order chi connectivity index (χ1) is 15.5. The molecule has 190 valence electrons. The van der Waals surface area contributed by atoms with Gasteiger partial charge in [0.15, 0.2) is 0 Å². The maximum absolute atomic E-state index is 13.5. The van der Waals surface area contributed by atoms with Gasteiger partial charge in [-0.05, 0) is 37.9 Å². The minimum absolute atomic E-state index is 0.0507. The third-order valence-corrected chi connectivity index (χ3v) is 6.42. The summed E-state index contributed by atoms with van der Waals surface area (Å²) >= 11 is 0. The number of carboxylic acid groups (broad SMARTS) is 1. The molecule has 0 heterocycles. The molecule has 0 radical (unpaired) electrons. The molecule has 3 atom stereocenters. The third kappa shape index (κ3) is 7.24. The zero-order chi connectivity index (χ0) is 26.4. The van der Waals surface area contributed by atoms with Crippen LogP contribution in [0, 0.1) is 11.3 Å². The number of rotatable bonds is 10. The van der Waals surface area contributed by atoms with Crippen LogP contribution in [0.5, 0.6) is 0 Å². The van der Waals surface area contributed by atoms with Crippen LogP contribution in [0.25, 0.3) is 0 Å². The van der Waals surface area contributed by atoms with Gasteiger partial charge in [0.05, 0.1) is 12.1 Å². The lowest BCUT2D eigenvalue weighted by Gasteiger charge is -2.42. The Hall–Kier alpha value is -2.51. The third-order valence-electron chi connectivity index (χ3n) is 6.42. The van der Waals surface area contributed by atoms with Gasteiger partial charge in [0.25, 0.3) is 0 Å². The van der Waals surface area contributed by atoms with Gasteiger partial charge in [-0.25, -0.2) is 4.79 Å². The van der Waals surface area contributed by atoms with Crippen molar-refractivity contribution in [1.82, 2.24) is 15.5 Å². The predicted octanol–water partition coefficient (Wildman–Crippen LogP) is 3.60. The fourth-order valence-corrected chi connectivity index (χ4v) is 4.59. The summed E-state index contributed by atoms with van der Waals surface area (Å²) in [6, 6.07) is 8.10. The molecule has 3 N–H and O–H groups in total. The van der Waals surface area contributed by atoms with E-state index in [-0.39, 0.29) is 17.5 Å². The molecular formula is C27H43N3O4. The smallest absolute Gasteiger partial charge is 0.331 e. The van der Waals surface area contributed by atoms with E-state index in [9.17, 15) is 19.5 Å². The zero-order valence-electron chi connectivity index (χ0n) is 22.4. The van der Waals surface area contributed by atoms with E-state index in [1.807, 2.05) is 83.7 Å². The number of nitrogens with one attached hydrogen (secondary N) is 2. The van der Waals surface area contributed by atoms with E-state index in [0.29, 0.717) is 0 Å². The highest BCUT2D eigenvalue weighted by Crippen LogP contribution is 2.30. The quantitative estimate of drug-likeness (QED) is 0.449. The minimum Gasteiger partial charge on any atom is -0.478 e. The molecule has 1 aromatic rings. The predicted molar refractivity (Wildman–Crippen MR) is 136 cm³/mol. The highest BCUT2D eigenvalue weighted by Gasteiger charge is 2.41. The standard InChI is InChI=1S/C27H43N3O4/c1-17(2)20(16-18(3)25(33)34)30(10)22(26(4,5)6)24(32)29-23(31)21(28-9)27(7,8)19-14-12-11-13-15-19/h11-17,20-22,28H,1-10H3,(H,33,34)(H,29,31,32)/b18-16+/t20?,21?,22-/m1/s1. The van der Waals surface area contributed by atoms with Crippen LogP contribution in [0.3, 0.4) is 0 Å². The Bertz CT molecular complexity index is 885. The first-order valence-electron chi connectivity index (χ1n) is 11.8. The molecule has 0 saturated heterocycles. The fraction of sp³-hybridized carbons (Fsp3) is 0.593. The number of imide groups is 1. The Balaban J connectivity index is 3.27.